The van der Waals surface area contributed by atoms with E-state index in [0.29, 0.717) is 28.8 Å². The van der Waals surface area contributed by atoms with E-state index in [9.17, 15) is 0 Å². The van der Waals surface area contributed by atoms with Crippen molar-refractivity contribution in [1.82, 2.24) is 4.90 Å². The molecule has 9 heteroatoms. The van der Waals surface area contributed by atoms with Gasteiger partial charge in [0, 0.05) is 51.3 Å². The summed E-state index contributed by atoms with van der Waals surface area (Å²) in [7, 11) is -2.88. The van der Waals surface area contributed by atoms with Crippen molar-refractivity contribution in [3.05, 3.63) is 27.7 Å². The van der Waals surface area contributed by atoms with Crippen LogP contribution >= 0.6 is 35.4 Å². The van der Waals surface area contributed by atoms with Gasteiger partial charge in [0.1, 0.15) is 5.75 Å². The molecule has 2 fully saturated rings. The van der Waals surface area contributed by atoms with Gasteiger partial charge in [-0.25, -0.2) is 0 Å². The lowest BCUT2D eigenvalue weighted by Gasteiger charge is -2.47. The predicted molar refractivity (Wildman–Crippen MR) is 158 cm³/mol. The molecule has 0 N–H and O–H groups in total. The van der Waals surface area contributed by atoms with Crippen molar-refractivity contribution in [2.75, 3.05) is 19.9 Å². The second-order valence-corrected chi connectivity index (χ2v) is 24.5. The molecule has 198 valence electrons. The van der Waals surface area contributed by atoms with Crippen LogP contribution in [0.25, 0.3) is 0 Å². The van der Waals surface area contributed by atoms with Crippen LogP contribution < -0.4 is 4.74 Å². The molecule has 1 saturated heterocycles. The van der Waals surface area contributed by atoms with E-state index in [0.717, 1.165) is 48.2 Å². The fourth-order valence-electron chi connectivity index (χ4n) is 4.36. The van der Waals surface area contributed by atoms with Gasteiger partial charge in [-0.2, -0.15) is 0 Å². The highest BCUT2D eigenvalue weighted by Crippen LogP contribution is 2.46. The van der Waals surface area contributed by atoms with E-state index in [1.165, 1.54) is 0 Å². The van der Waals surface area contributed by atoms with E-state index in [2.05, 4.69) is 58.4 Å². The molecule has 1 aliphatic heterocycles. The maximum Gasteiger partial charge on any atom is 0.192 e. The van der Waals surface area contributed by atoms with Gasteiger partial charge in [0.05, 0.1) is 15.0 Å². The SMILES string of the molecule is CC(C)(C)[Si](C)(C)OC1CC(N2CC(c3c(OCOCC[Si](C)(C)C)ccc(Cl)c3Cl)CC2=S)C1. The number of ether oxygens (including phenoxy) is 2. The van der Waals surface area contributed by atoms with Gasteiger partial charge in [-0.1, -0.05) is 75.8 Å². The maximum atomic E-state index is 6.72. The number of likely N-dealkylation sites (tertiary alicyclic amines) is 1. The van der Waals surface area contributed by atoms with Crippen molar-refractivity contribution >= 4 is 56.8 Å². The van der Waals surface area contributed by atoms with Gasteiger partial charge in [-0.05, 0) is 49.2 Å². The third-order valence-corrected chi connectivity index (χ3v) is 15.2. The van der Waals surface area contributed by atoms with Crippen LogP contribution in [-0.2, 0) is 9.16 Å². The molecule has 35 heavy (non-hydrogen) atoms. The molecular formula is C26H43Cl2NO3SSi2. The maximum absolute atomic E-state index is 6.72. The molecule has 0 bridgehead atoms. The number of thiocarbonyl (C=S) groups is 1. The average Bonchev–Trinajstić information content (AvgIpc) is 3.05. The van der Waals surface area contributed by atoms with Gasteiger partial charge in [-0.3, -0.25) is 0 Å². The molecule has 3 rings (SSSR count). The summed E-state index contributed by atoms with van der Waals surface area (Å²) in [6, 6.07) is 5.25. The minimum atomic E-state index is -1.75. The third kappa shape index (κ3) is 7.46. The van der Waals surface area contributed by atoms with E-state index in [-0.39, 0.29) is 17.7 Å². The number of hydrogen-bond donors (Lipinski definition) is 0. The molecule has 1 aromatic carbocycles. The normalized spacial score (nSPS) is 23.5. The first-order valence-corrected chi connectivity index (χ1v) is 20.5. The molecule has 0 spiro atoms. The lowest BCUT2D eigenvalue weighted by atomic mass is 9.88. The highest BCUT2D eigenvalue weighted by atomic mass is 35.5. The van der Waals surface area contributed by atoms with Crippen LogP contribution in [0.4, 0.5) is 0 Å². The Bertz CT molecular complexity index is 911. The van der Waals surface area contributed by atoms with Crippen LogP contribution in [0.3, 0.4) is 0 Å². The highest BCUT2D eigenvalue weighted by molar-refractivity contribution is 7.80. The summed E-state index contributed by atoms with van der Waals surface area (Å²) >= 11 is 19.0. The van der Waals surface area contributed by atoms with Gasteiger partial charge in [0.2, 0.25) is 0 Å². The first-order chi connectivity index (χ1) is 16.1. The Balaban J connectivity index is 1.61. The summed E-state index contributed by atoms with van der Waals surface area (Å²) in [5, 5.41) is 1.34. The van der Waals surface area contributed by atoms with E-state index >= 15 is 0 Å². The van der Waals surface area contributed by atoms with Crippen LogP contribution in [0.2, 0.25) is 53.9 Å². The van der Waals surface area contributed by atoms with E-state index in [4.69, 9.17) is 49.3 Å². The Hall–Kier alpha value is -0.156. The lowest BCUT2D eigenvalue weighted by molar-refractivity contribution is 0.0210. The second-order valence-electron chi connectivity index (χ2n) is 12.8. The summed E-state index contributed by atoms with van der Waals surface area (Å²) in [5.41, 5.74) is 0.950. The van der Waals surface area contributed by atoms with Gasteiger partial charge >= 0.3 is 0 Å². The van der Waals surface area contributed by atoms with Crippen LogP contribution in [0.1, 0.15) is 51.5 Å². The minimum absolute atomic E-state index is 0.158. The van der Waals surface area contributed by atoms with Crippen molar-refractivity contribution in [2.24, 2.45) is 0 Å². The summed E-state index contributed by atoms with van der Waals surface area (Å²) in [4.78, 5) is 3.39. The van der Waals surface area contributed by atoms with Crippen LogP contribution in [0.5, 0.6) is 5.75 Å². The van der Waals surface area contributed by atoms with Gasteiger partial charge in [-0.15, -0.1) is 0 Å². The molecule has 0 aromatic heterocycles. The number of benzene rings is 1. The van der Waals surface area contributed by atoms with Crippen LogP contribution in [-0.4, -0.2) is 58.4 Å². The summed E-state index contributed by atoms with van der Waals surface area (Å²) < 4.78 is 18.4. The zero-order valence-electron chi connectivity index (χ0n) is 22.7. The molecule has 2 aliphatic rings. The molecule has 1 saturated carbocycles. The Morgan fingerprint density at radius 2 is 1.74 bits per heavy atom. The lowest BCUT2D eigenvalue weighted by Crippen LogP contribution is -2.53. The topological polar surface area (TPSA) is 30.9 Å². The first kappa shape index (κ1) is 29.4. The number of halogens is 2. The molecule has 1 aliphatic carbocycles. The predicted octanol–water partition coefficient (Wildman–Crippen LogP) is 8.35. The van der Waals surface area contributed by atoms with Crippen LogP contribution in [0, 0.1) is 0 Å². The summed E-state index contributed by atoms with van der Waals surface area (Å²) in [6.07, 6.45) is 3.20. The van der Waals surface area contributed by atoms with Crippen molar-refractivity contribution in [1.29, 1.82) is 0 Å². The highest BCUT2D eigenvalue weighted by Gasteiger charge is 2.45. The zero-order valence-corrected chi connectivity index (χ0v) is 27.0. The molecule has 1 unspecified atom stereocenters. The van der Waals surface area contributed by atoms with Crippen molar-refractivity contribution in [2.45, 2.75) is 102 Å². The van der Waals surface area contributed by atoms with Crippen molar-refractivity contribution < 1.29 is 13.9 Å². The first-order valence-electron chi connectivity index (χ1n) is 12.7. The van der Waals surface area contributed by atoms with E-state index in [1.54, 1.807) is 6.07 Å². The Kier molecular flexibility index (Phi) is 9.49. The molecule has 1 heterocycles. The zero-order chi connectivity index (χ0) is 26.2. The van der Waals surface area contributed by atoms with Crippen molar-refractivity contribution in [3.8, 4) is 5.75 Å². The monoisotopic (exact) mass is 575 g/mol. The Labute approximate surface area is 230 Å². The fourth-order valence-corrected chi connectivity index (χ4v) is 7.39. The number of nitrogens with zero attached hydrogens (tertiary/aromatic N) is 1. The number of rotatable bonds is 10. The Morgan fingerprint density at radius 3 is 2.34 bits per heavy atom. The average molecular weight is 577 g/mol. The quantitative estimate of drug-likeness (QED) is 0.121. The number of hydrogen-bond acceptors (Lipinski definition) is 4. The smallest absolute Gasteiger partial charge is 0.192 e. The van der Waals surface area contributed by atoms with Crippen LogP contribution in [0.15, 0.2) is 12.1 Å². The summed E-state index contributed by atoms with van der Waals surface area (Å²) in [6.45, 7) is 20.3. The molecule has 0 radical (unpaired) electrons. The fraction of sp³-hybridized carbons (Fsp3) is 0.731. The molecule has 1 atom stereocenters. The molecule has 4 nitrogen and oxygen atoms in total. The molecule has 1 aromatic rings. The Morgan fingerprint density at radius 1 is 1.09 bits per heavy atom. The van der Waals surface area contributed by atoms with Gasteiger partial charge in [0.15, 0.2) is 15.1 Å². The van der Waals surface area contributed by atoms with E-state index in [1.807, 2.05) is 6.07 Å². The van der Waals surface area contributed by atoms with Gasteiger partial charge < -0.3 is 18.8 Å². The molecule has 0 amide bonds. The molecular weight excluding hydrogens is 533 g/mol. The summed E-state index contributed by atoms with van der Waals surface area (Å²) in [5.74, 6) is 0.904. The second kappa shape index (κ2) is 11.3. The van der Waals surface area contributed by atoms with Gasteiger partial charge in [0.25, 0.3) is 0 Å². The van der Waals surface area contributed by atoms with Crippen molar-refractivity contribution in [3.63, 3.8) is 0 Å². The third-order valence-electron chi connectivity index (χ3n) is 7.73. The van der Waals surface area contributed by atoms with E-state index < -0.39 is 16.4 Å². The largest absolute Gasteiger partial charge is 0.467 e. The minimum Gasteiger partial charge on any atom is -0.467 e. The standard InChI is InChI=1S/C26H43Cl2NO3SSi2/c1-26(2,3)35(7,8)32-20-14-19(15-20)29-16-18(13-23(29)33)24-22(10-9-21(27)25(24)28)31-17-30-11-12-34(4,5)6/h9-10,18-20H,11-17H2,1-8H3.